The third-order valence-corrected chi connectivity index (χ3v) is 3.58. The number of ether oxygens (including phenoxy) is 1. The Labute approximate surface area is 107 Å². The Balaban J connectivity index is 2.05. The Morgan fingerprint density at radius 2 is 2.33 bits per heavy atom. The Bertz CT molecular complexity index is 424. The minimum atomic E-state index is -0.531. The van der Waals surface area contributed by atoms with E-state index in [1.54, 1.807) is 6.07 Å². The number of hydrogen-bond acceptors (Lipinski definition) is 3. The van der Waals surface area contributed by atoms with Gasteiger partial charge >= 0.3 is 0 Å². The van der Waals surface area contributed by atoms with Gasteiger partial charge in [0.05, 0.1) is 6.61 Å². The molecule has 18 heavy (non-hydrogen) atoms. The van der Waals surface area contributed by atoms with E-state index in [1.807, 2.05) is 6.92 Å². The molecule has 1 aromatic rings. The SMILES string of the molecule is Cc1cc(F)ccc1OC1CCCC(N)(CO)C1. The summed E-state index contributed by atoms with van der Waals surface area (Å²) in [4.78, 5) is 0. The first-order chi connectivity index (χ1) is 8.52. The van der Waals surface area contributed by atoms with Crippen LogP contribution in [0.5, 0.6) is 5.75 Å². The van der Waals surface area contributed by atoms with E-state index < -0.39 is 5.54 Å². The van der Waals surface area contributed by atoms with Gasteiger partial charge in [0.25, 0.3) is 0 Å². The molecule has 4 heteroatoms. The number of benzene rings is 1. The zero-order chi connectivity index (χ0) is 13.2. The Morgan fingerprint density at radius 3 is 3.00 bits per heavy atom. The average molecular weight is 253 g/mol. The standard InChI is InChI=1S/C14H20FNO2/c1-10-7-11(15)4-5-13(10)18-12-3-2-6-14(16,8-12)9-17/h4-5,7,12,17H,2-3,6,8-9,16H2,1H3. The highest BCUT2D eigenvalue weighted by molar-refractivity contribution is 5.32. The van der Waals surface area contributed by atoms with E-state index in [9.17, 15) is 9.50 Å². The number of aryl methyl sites for hydroxylation is 1. The fraction of sp³-hybridized carbons (Fsp3) is 0.571. The van der Waals surface area contributed by atoms with Crippen LogP contribution in [-0.2, 0) is 0 Å². The van der Waals surface area contributed by atoms with E-state index in [0.29, 0.717) is 12.2 Å². The van der Waals surface area contributed by atoms with Crippen molar-refractivity contribution in [2.75, 3.05) is 6.61 Å². The van der Waals surface area contributed by atoms with Crippen molar-refractivity contribution in [3.05, 3.63) is 29.6 Å². The molecule has 0 saturated heterocycles. The van der Waals surface area contributed by atoms with Gasteiger partial charge in [0.2, 0.25) is 0 Å². The summed E-state index contributed by atoms with van der Waals surface area (Å²) in [5, 5.41) is 9.29. The first-order valence-electron chi connectivity index (χ1n) is 6.35. The number of aliphatic hydroxyl groups excluding tert-OH is 1. The van der Waals surface area contributed by atoms with Crippen LogP contribution in [0.15, 0.2) is 18.2 Å². The molecule has 0 radical (unpaired) electrons. The Morgan fingerprint density at radius 1 is 1.56 bits per heavy atom. The highest BCUT2D eigenvalue weighted by Gasteiger charge is 2.33. The topological polar surface area (TPSA) is 55.5 Å². The second kappa shape index (κ2) is 5.24. The highest BCUT2D eigenvalue weighted by atomic mass is 19.1. The molecule has 100 valence electrons. The van der Waals surface area contributed by atoms with Crippen LogP contribution < -0.4 is 10.5 Å². The van der Waals surface area contributed by atoms with Gasteiger partial charge in [-0.3, -0.25) is 0 Å². The maximum absolute atomic E-state index is 13.0. The summed E-state index contributed by atoms with van der Waals surface area (Å²) in [6, 6.07) is 4.50. The molecule has 3 N–H and O–H groups in total. The molecule has 2 rings (SSSR count). The van der Waals surface area contributed by atoms with Gasteiger partial charge in [-0.05, 0) is 49.9 Å². The van der Waals surface area contributed by atoms with Crippen molar-refractivity contribution in [3.63, 3.8) is 0 Å². The largest absolute Gasteiger partial charge is 0.490 e. The molecular formula is C14H20FNO2. The molecule has 0 spiro atoms. The fourth-order valence-corrected chi connectivity index (χ4v) is 2.51. The van der Waals surface area contributed by atoms with E-state index in [0.717, 1.165) is 24.8 Å². The van der Waals surface area contributed by atoms with E-state index in [-0.39, 0.29) is 18.5 Å². The minimum Gasteiger partial charge on any atom is -0.490 e. The Kier molecular flexibility index (Phi) is 3.88. The Hall–Kier alpha value is -1.13. The second-order valence-corrected chi connectivity index (χ2v) is 5.27. The summed E-state index contributed by atoms with van der Waals surface area (Å²) in [7, 11) is 0. The van der Waals surface area contributed by atoms with Gasteiger partial charge in [-0.15, -0.1) is 0 Å². The number of nitrogens with two attached hydrogens (primary N) is 1. The lowest BCUT2D eigenvalue weighted by Crippen LogP contribution is -2.50. The van der Waals surface area contributed by atoms with E-state index >= 15 is 0 Å². The maximum Gasteiger partial charge on any atom is 0.123 e. The summed E-state index contributed by atoms with van der Waals surface area (Å²) in [5.74, 6) is 0.440. The lowest BCUT2D eigenvalue weighted by Gasteiger charge is -2.36. The summed E-state index contributed by atoms with van der Waals surface area (Å²) < 4.78 is 18.9. The van der Waals surface area contributed by atoms with Crippen LogP contribution >= 0.6 is 0 Å². The van der Waals surface area contributed by atoms with Crippen molar-refractivity contribution >= 4 is 0 Å². The van der Waals surface area contributed by atoms with E-state index in [2.05, 4.69) is 0 Å². The molecule has 1 saturated carbocycles. The molecule has 0 bridgehead atoms. The van der Waals surface area contributed by atoms with Crippen molar-refractivity contribution in [1.29, 1.82) is 0 Å². The number of halogens is 1. The number of aliphatic hydroxyl groups is 1. The van der Waals surface area contributed by atoms with Gasteiger partial charge < -0.3 is 15.6 Å². The lowest BCUT2D eigenvalue weighted by atomic mass is 9.81. The van der Waals surface area contributed by atoms with Crippen LogP contribution in [0, 0.1) is 12.7 Å². The van der Waals surface area contributed by atoms with E-state index in [1.165, 1.54) is 12.1 Å². The molecule has 1 aliphatic carbocycles. The summed E-state index contributed by atoms with van der Waals surface area (Å²) >= 11 is 0. The van der Waals surface area contributed by atoms with Crippen molar-refractivity contribution in [2.24, 2.45) is 5.73 Å². The number of rotatable bonds is 3. The zero-order valence-corrected chi connectivity index (χ0v) is 10.7. The van der Waals surface area contributed by atoms with Crippen molar-refractivity contribution in [1.82, 2.24) is 0 Å². The van der Waals surface area contributed by atoms with Gasteiger partial charge in [0.15, 0.2) is 0 Å². The third kappa shape index (κ3) is 3.00. The lowest BCUT2D eigenvalue weighted by molar-refractivity contribution is 0.0724. The number of hydrogen-bond donors (Lipinski definition) is 2. The summed E-state index contributed by atoms with van der Waals surface area (Å²) in [5.41, 5.74) is 6.33. The predicted octanol–water partition coefficient (Wildman–Crippen LogP) is 2.15. The molecule has 2 atom stereocenters. The molecule has 0 heterocycles. The molecule has 1 fully saturated rings. The van der Waals surface area contributed by atoms with Gasteiger partial charge in [0.1, 0.15) is 17.7 Å². The smallest absolute Gasteiger partial charge is 0.123 e. The summed E-state index contributed by atoms with van der Waals surface area (Å²) in [6.45, 7) is 1.80. The quantitative estimate of drug-likeness (QED) is 0.867. The maximum atomic E-state index is 13.0. The third-order valence-electron chi connectivity index (χ3n) is 3.58. The van der Waals surface area contributed by atoms with Crippen molar-refractivity contribution in [3.8, 4) is 5.75 Å². The molecule has 1 aliphatic rings. The highest BCUT2D eigenvalue weighted by Crippen LogP contribution is 2.30. The predicted molar refractivity (Wildman–Crippen MR) is 68.0 cm³/mol. The summed E-state index contributed by atoms with van der Waals surface area (Å²) in [6.07, 6.45) is 3.34. The molecule has 0 aliphatic heterocycles. The van der Waals surface area contributed by atoms with Crippen LogP contribution in [0.3, 0.4) is 0 Å². The molecule has 3 nitrogen and oxygen atoms in total. The zero-order valence-electron chi connectivity index (χ0n) is 10.7. The first-order valence-corrected chi connectivity index (χ1v) is 6.35. The molecule has 0 amide bonds. The normalized spacial score (nSPS) is 28.1. The van der Waals surface area contributed by atoms with Gasteiger partial charge in [-0.2, -0.15) is 0 Å². The van der Waals surface area contributed by atoms with Gasteiger partial charge in [-0.1, -0.05) is 0 Å². The second-order valence-electron chi connectivity index (χ2n) is 5.27. The van der Waals surface area contributed by atoms with Crippen LogP contribution in [-0.4, -0.2) is 23.4 Å². The molecule has 1 aromatic carbocycles. The van der Waals surface area contributed by atoms with Crippen molar-refractivity contribution in [2.45, 2.75) is 44.2 Å². The van der Waals surface area contributed by atoms with E-state index in [4.69, 9.17) is 10.5 Å². The van der Waals surface area contributed by atoms with Crippen LogP contribution in [0.1, 0.15) is 31.2 Å². The monoisotopic (exact) mass is 253 g/mol. The molecule has 0 aromatic heterocycles. The van der Waals surface area contributed by atoms with Crippen molar-refractivity contribution < 1.29 is 14.2 Å². The van der Waals surface area contributed by atoms with Gasteiger partial charge in [-0.25, -0.2) is 4.39 Å². The fourth-order valence-electron chi connectivity index (χ4n) is 2.51. The molecule has 2 unspecified atom stereocenters. The van der Waals surface area contributed by atoms with Crippen LogP contribution in [0.25, 0.3) is 0 Å². The first kappa shape index (κ1) is 13.3. The van der Waals surface area contributed by atoms with Crippen LogP contribution in [0.2, 0.25) is 0 Å². The molecular weight excluding hydrogens is 233 g/mol. The van der Waals surface area contributed by atoms with Gasteiger partial charge in [0, 0.05) is 12.0 Å². The average Bonchev–Trinajstić information content (AvgIpc) is 2.33. The van der Waals surface area contributed by atoms with Crippen LogP contribution in [0.4, 0.5) is 4.39 Å². The minimum absolute atomic E-state index is 0.0000567.